The van der Waals surface area contributed by atoms with E-state index in [0.29, 0.717) is 0 Å². The molecule has 2 heteroatoms. The Bertz CT molecular complexity index is 1140. The van der Waals surface area contributed by atoms with Crippen LogP contribution >= 0.6 is 0 Å². The Morgan fingerprint density at radius 3 is 2.12 bits per heavy atom. The van der Waals surface area contributed by atoms with Gasteiger partial charge in [-0.05, 0) is 40.1 Å². The quantitative estimate of drug-likeness (QED) is 0.389. The first-order valence-electron chi connectivity index (χ1n) is 8.69. The van der Waals surface area contributed by atoms with E-state index in [1.54, 1.807) is 0 Å². The molecule has 0 saturated heterocycles. The maximum absolute atomic E-state index is 4.83. The summed E-state index contributed by atoms with van der Waals surface area (Å²) in [6.07, 6.45) is 1.86. The lowest BCUT2D eigenvalue weighted by atomic mass is 9.96. The smallest absolute Gasteiger partial charge is 0.0899 e. The lowest BCUT2D eigenvalue weighted by molar-refractivity contribution is 1.29. The van der Waals surface area contributed by atoms with E-state index in [4.69, 9.17) is 4.98 Å². The van der Waals surface area contributed by atoms with Gasteiger partial charge in [-0.2, -0.15) is 0 Å². The van der Waals surface area contributed by atoms with E-state index in [-0.39, 0.29) is 0 Å². The van der Waals surface area contributed by atoms with Crippen LogP contribution in [-0.4, -0.2) is 9.97 Å². The maximum atomic E-state index is 4.83. The molecule has 0 bridgehead atoms. The Morgan fingerprint density at radius 2 is 1.23 bits per heavy atom. The monoisotopic (exact) mass is 332 g/mol. The third kappa shape index (κ3) is 2.52. The summed E-state index contributed by atoms with van der Waals surface area (Å²) < 4.78 is 0. The Labute approximate surface area is 151 Å². The average Bonchev–Trinajstić information content (AvgIpc) is 2.73. The van der Waals surface area contributed by atoms with Crippen LogP contribution in [0, 0.1) is 0 Å². The fourth-order valence-corrected chi connectivity index (χ4v) is 3.40. The van der Waals surface area contributed by atoms with Crippen molar-refractivity contribution in [2.45, 2.75) is 0 Å². The summed E-state index contributed by atoms with van der Waals surface area (Å²) in [6, 6.07) is 31.4. The van der Waals surface area contributed by atoms with Crippen LogP contribution in [0.1, 0.15) is 0 Å². The fraction of sp³-hybridized carbons (Fsp3) is 0. The highest BCUT2D eigenvalue weighted by Gasteiger charge is 2.10. The SMILES string of the molecule is c1ccc(-c2cnc3ccccc3n2)c(-c2ccc3ccccc3c2)c1. The predicted molar refractivity (Wildman–Crippen MR) is 108 cm³/mol. The van der Waals surface area contributed by atoms with Gasteiger partial charge in [-0.1, -0.05) is 72.8 Å². The number of hydrogen-bond donors (Lipinski definition) is 0. The molecule has 1 heterocycles. The molecule has 0 amide bonds. The minimum atomic E-state index is 0.896. The zero-order valence-electron chi connectivity index (χ0n) is 14.1. The van der Waals surface area contributed by atoms with Crippen LogP contribution < -0.4 is 0 Å². The highest BCUT2D eigenvalue weighted by Crippen LogP contribution is 2.33. The van der Waals surface area contributed by atoms with Crippen LogP contribution in [-0.2, 0) is 0 Å². The number of aromatic nitrogens is 2. The van der Waals surface area contributed by atoms with Crippen LogP contribution in [0.5, 0.6) is 0 Å². The van der Waals surface area contributed by atoms with Crippen molar-refractivity contribution in [2.24, 2.45) is 0 Å². The van der Waals surface area contributed by atoms with Crippen LogP contribution in [0.15, 0.2) is 97.2 Å². The molecule has 0 aliphatic carbocycles. The van der Waals surface area contributed by atoms with Gasteiger partial charge in [0.2, 0.25) is 0 Å². The van der Waals surface area contributed by atoms with E-state index in [9.17, 15) is 0 Å². The predicted octanol–water partition coefficient (Wildman–Crippen LogP) is 6.12. The molecule has 4 aromatic carbocycles. The van der Waals surface area contributed by atoms with E-state index < -0.39 is 0 Å². The van der Waals surface area contributed by atoms with Gasteiger partial charge in [-0.3, -0.25) is 4.98 Å². The summed E-state index contributed by atoms with van der Waals surface area (Å²) >= 11 is 0. The highest BCUT2D eigenvalue weighted by atomic mass is 14.8. The third-order valence-corrected chi connectivity index (χ3v) is 4.71. The van der Waals surface area contributed by atoms with Gasteiger partial charge in [0, 0.05) is 5.56 Å². The van der Waals surface area contributed by atoms with Crippen molar-refractivity contribution in [1.82, 2.24) is 9.97 Å². The molecule has 0 spiro atoms. The first-order chi connectivity index (χ1) is 12.9. The fourth-order valence-electron chi connectivity index (χ4n) is 3.40. The Kier molecular flexibility index (Phi) is 3.46. The molecule has 0 radical (unpaired) electrons. The van der Waals surface area contributed by atoms with Crippen LogP contribution in [0.3, 0.4) is 0 Å². The zero-order valence-corrected chi connectivity index (χ0v) is 14.1. The minimum absolute atomic E-state index is 0.896. The molecule has 0 unspecified atom stereocenters. The number of fused-ring (bicyclic) bond motifs is 2. The molecule has 1 aromatic heterocycles. The summed E-state index contributed by atoms with van der Waals surface area (Å²) in [5, 5.41) is 2.49. The lowest BCUT2D eigenvalue weighted by Gasteiger charge is -2.11. The number of hydrogen-bond acceptors (Lipinski definition) is 2. The maximum Gasteiger partial charge on any atom is 0.0899 e. The summed E-state index contributed by atoms with van der Waals surface area (Å²) in [7, 11) is 0. The molecular formula is C24H16N2. The summed E-state index contributed by atoms with van der Waals surface area (Å²) in [5.74, 6) is 0. The Morgan fingerprint density at radius 1 is 0.538 bits per heavy atom. The van der Waals surface area contributed by atoms with Crippen LogP contribution in [0.2, 0.25) is 0 Å². The molecule has 122 valence electrons. The molecule has 0 N–H and O–H groups in total. The number of rotatable bonds is 2. The van der Waals surface area contributed by atoms with Gasteiger partial charge in [0.1, 0.15) is 0 Å². The van der Waals surface area contributed by atoms with Crippen molar-refractivity contribution in [3.05, 3.63) is 97.2 Å². The van der Waals surface area contributed by atoms with E-state index in [1.165, 1.54) is 21.9 Å². The number of benzene rings is 4. The van der Waals surface area contributed by atoms with E-state index in [2.05, 4.69) is 71.7 Å². The first-order valence-corrected chi connectivity index (χ1v) is 8.69. The minimum Gasteiger partial charge on any atom is -0.252 e. The summed E-state index contributed by atoms with van der Waals surface area (Å²) in [6.45, 7) is 0. The Balaban J connectivity index is 1.70. The molecule has 0 fully saturated rings. The van der Waals surface area contributed by atoms with Crippen molar-refractivity contribution in [3.63, 3.8) is 0 Å². The second kappa shape index (κ2) is 6.08. The highest BCUT2D eigenvalue weighted by molar-refractivity contribution is 5.91. The van der Waals surface area contributed by atoms with E-state index >= 15 is 0 Å². The van der Waals surface area contributed by atoms with E-state index in [1.807, 2.05) is 30.5 Å². The summed E-state index contributed by atoms with van der Waals surface area (Å²) in [4.78, 5) is 9.41. The molecule has 0 aliphatic heterocycles. The molecule has 0 saturated carbocycles. The van der Waals surface area contributed by atoms with Gasteiger partial charge >= 0.3 is 0 Å². The molecule has 2 nitrogen and oxygen atoms in total. The van der Waals surface area contributed by atoms with Crippen molar-refractivity contribution in [1.29, 1.82) is 0 Å². The molecular weight excluding hydrogens is 316 g/mol. The van der Waals surface area contributed by atoms with E-state index in [0.717, 1.165) is 22.3 Å². The first kappa shape index (κ1) is 14.8. The molecule has 0 atom stereocenters. The van der Waals surface area contributed by atoms with Gasteiger partial charge in [-0.25, -0.2) is 4.98 Å². The average molecular weight is 332 g/mol. The van der Waals surface area contributed by atoms with Gasteiger partial charge in [0.05, 0.1) is 22.9 Å². The summed E-state index contributed by atoms with van der Waals surface area (Å²) in [5.41, 5.74) is 6.18. The number of nitrogens with zero attached hydrogens (tertiary/aromatic N) is 2. The van der Waals surface area contributed by atoms with Crippen molar-refractivity contribution >= 4 is 21.8 Å². The van der Waals surface area contributed by atoms with Crippen LogP contribution in [0.4, 0.5) is 0 Å². The molecule has 0 aliphatic rings. The second-order valence-corrected chi connectivity index (χ2v) is 6.35. The second-order valence-electron chi connectivity index (χ2n) is 6.35. The van der Waals surface area contributed by atoms with Gasteiger partial charge in [0.25, 0.3) is 0 Å². The van der Waals surface area contributed by atoms with Gasteiger partial charge in [0.15, 0.2) is 0 Å². The molecule has 5 rings (SSSR count). The third-order valence-electron chi connectivity index (χ3n) is 4.71. The van der Waals surface area contributed by atoms with Gasteiger partial charge < -0.3 is 0 Å². The number of para-hydroxylation sites is 2. The largest absolute Gasteiger partial charge is 0.252 e. The van der Waals surface area contributed by atoms with Crippen molar-refractivity contribution in [2.75, 3.05) is 0 Å². The van der Waals surface area contributed by atoms with Crippen molar-refractivity contribution in [3.8, 4) is 22.4 Å². The molecule has 5 aromatic rings. The zero-order chi connectivity index (χ0) is 17.3. The molecule has 26 heavy (non-hydrogen) atoms. The standard InChI is InChI=1S/C24H16N2/c1-2-8-18-15-19(14-13-17(18)7-1)20-9-3-4-10-21(20)24-16-25-22-11-5-6-12-23(22)26-24/h1-16H. The normalized spacial score (nSPS) is 11.1. The van der Waals surface area contributed by atoms with Gasteiger partial charge in [-0.15, -0.1) is 0 Å². The van der Waals surface area contributed by atoms with Crippen LogP contribution in [0.25, 0.3) is 44.2 Å². The topological polar surface area (TPSA) is 25.8 Å². The van der Waals surface area contributed by atoms with Crippen molar-refractivity contribution < 1.29 is 0 Å². The lowest BCUT2D eigenvalue weighted by Crippen LogP contribution is -1.91. The Hall–Kier alpha value is -3.52.